The first-order chi connectivity index (χ1) is 8.99. The summed E-state index contributed by atoms with van der Waals surface area (Å²) in [4.78, 5) is 1.40. The Bertz CT molecular complexity index is 555. The van der Waals surface area contributed by atoms with E-state index in [9.17, 15) is 13.9 Å². The van der Waals surface area contributed by atoms with Crippen LogP contribution in [0.25, 0.3) is 5.70 Å². The molecule has 1 aromatic carbocycles. The zero-order valence-corrected chi connectivity index (χ0v) is 14.9. The minimum atomic E-state index is -2.48. The Balaban J connectivity index is 0.00000200. The van der Waals surface area contributed by atoms with Crippen LogP contribution >= 0.6 is 15.9 Å². The van der Waals surface area contributed by atoms with Crippen molar-refractivity contribution in [2.24, 2.45) is 0 Å². The second-order valence-corrected chi connectivity index (χ2v) is 4.83. The van der Waals surface area contributed by atoms with Crippen LogP contribution in [0.2, 0.25) is 0 Å². The van der Waals surface area contributed by atoms with Crippen molar-refractivity contribution >= 4 is 21.6 Å². The fraction of sp³-hybridized carbons (Fsp3) is 0.143. The summed E-state index contributed by atoms with van der Waals surface area (Å²) >= 11 is 3.25. The summed E-state index contributed by atoms with van der Waals surface area (Å²) in [6.45, 7) is 3.34. The van der Waals surface area contributed by atoms with Crippen LogP contribution in [-0.2, 0) is 32.7 Å². The molecule has 0 amide bonds. The zero-order chi connectivity index (χ0) is 14.0. The van der Waals surface area contributed by atoms with Crippen LogP contribution in [0.5, 0.6) is 5.75 Å². The zero-order valence-electron chi connectivity index (χ0n) is 10.5. The standard InChI is InChI=1S/C14H11BrF2NO.Y/c1-9-12(15)6-7-13(18(9)8-14(16)17)10-2-4-11(19)5-3-10;/h2-6,14,19H,1,8H2;/q-1;. The van der Waals surface area contributed by atoms with E-state index in [1.807, 2.05) is 0 Å². The van der Waals surface area contributed by atoms with Gasteiger partial charge < -0.3 is 10.0 Å². The van der Waals surface area contributed by atoms with Crippen LogP contribution in [0.1, 0.15) is 5.56 Å². The molecule has 0 spiro atoms. The SMILES string of the molecule is C=C1C(Br)=C[C-]=C(c2ccc(O)cc2)N1CC(F)F.[Y]. The van der Waals surface area contributed by atoms with Gasteiger partial charge in [-0.15, -0.1) is 28.1 Å². The first kappa shape index (κ1) is 17.5. The minimum absolute atomic E-state index is 0. The third kappa shape index (κ3) is 4.00. The number of nitrogens with zero attached hydrogens (tertiary/aromatic N) is 1. The molecule has 1 heterocycles. The van der Waals surface area contributed by atoms with Gasteiger partial charge in [-0.1, -0.05) is 22.3 Å². The molecule has 20 heavy (non-hydrogen) atoms. The van der Waals surface area contributed by atoms with Gasteiger partial charge in [0.05, 0.1) is 6.54 Å². The third-order valence-electron chi connectivity index (χ3n) is 2.67. The van der Waals surface area contributed by atoms with E-state index in [1.165, 1.54) is 17.0 Å². The first-order valence-corrected chi connectivity index (χ1v) is 6.32. The molecular weight excluding hydrogens is 405 g/mol. The van der Waals surface area contributed by atoms with E-state index < -0.39 is 13.0 Å². The second-order valence-electron chi connectivity index (χ2n) is 3.98. The van der Waals surface area contributed by atoms with E-state index in [1.54, 1.807) is 18.2 Å². The Kier molecular flexibility index (Phi) is 6.56. The Morgan fingerprint density at radius 3 is 2.45 bits per heavy atom. The maximum atomic E-state index is 12.7. The summed E-state index contributed by atoms with van der Waals surface area (Å²) in [5, 5.41) is 9.26. The quantitative estimate of drug-likeness (QED) is 0.756. The molecule has 0 saturated heterocycles. The molecule has 0 aliphatic carbocycles. The van der Waals surface area contributed by atoms with Gasteiger partial charge in [0, 0.05) is 32.7 Å². The molecule has 103 valence electrons. The van der Waals surface area contributed by atoms with Gasteiger partial charge in [-0.05, 0) is 17.8 Å². The van der Waals surface area contributed by atoms with Crippen molar-refractivity contribution in [1.82, 2.24) is 4.90 Å². The maximum absolute atomic E-state index is 12.7. The fourth-order valence-corrected chi connectivity index (χ4v) is 2.08. The van der Waals surface area contributed by atoms with E-state index >= 15 is 0 Å². The molecule has 1 aromatic rings. The van der Waals surface area contributed by atoms with E-state index in [0.29, 0.717) is 21.4 Å². The van der Waals surface area contributed by atoms with Gasteiger partial charge in [0.1, 0.15) is 5.75 Å². The van der Waals surface area contributed by atoms with Crippen molar-refractivity contribution in [3.8, 4) is 5.75 Å². The number of allylic oxidation sites excluding steroid dienone is 3. The van der Waals surface area contributed by atoms with Crippen LogP contribution in [0.4, 0.5) is 8.78 Å². The van der Waals surface area contributed by atoms with Gasteiger partial charge in [0.25, 0.3) is 6.43 Å². The summed E-state index contributed by atoms with van der Waals surface area (Å²) < 4.78 is 26.0. The number of phenols is 1. The number of halogens is 3. The molecule has 0 aromatic heterocycles. The molecule has 1 radical (unpaired) electrons. The van der Waals surface area contributed by atoms with Crippen molar-refractivity contribution < 1.29 is 46.6 Å². The Morgan fingerprint density at radius 1 is 1.30 bits per heavy atom. The number of hydrogen-bond acceptors (Lipinski definition) is 2. The molecule has 1 N–H and O–H groups in total. The van der Waals surface area contributed by atoms with Gasteiger partial charge in [0.2, 0.25) is 0 Å². The molecule has 6 heteroatoms. The molecule has 1 aliphatic rings. The van der Waals surface area contributed by atoms with E-state index in [4.69, 9.17) is 0 Å². The molecule has 0 atom stereocenters. The number of phenolic OH excluding ortho intramolecular Hbond substituents is 1. The maximum Gasteiger partial charge on any atom is 0.256 e. The predicted molar refractivity (Wildman–Crippen MR) is 73.6 cm³/mol. The summed E-state index contributed by atoms with van der Waals surface area (Å²) in [6.07, 6.45) is 2.11. The van der Waals surface area contributed by atoms with Crippen LogP contribution in [-0.4, -0.2) is 23.0 Å². The Labute approximate surface area is 149 Å². The van der Waals surface area contributed by atoms with Crippen molar-refractivity contribution in [3.05, 3.63) is 58.7 Å². The van der Waals surface area contributed by atoms with Gasteiger partial charge in [-0.3, -0.25) is 0 Å². The van der Waals surface area contributed by atoms with Crippen molar-refractivity contribution in [2.45, 2.75) is 6.43 Å². The molecule has 0 fully saturated rings. The summed E-state index contributed by atoms with van der Waals surface area (Å²) in [6, 6.07) is 6.30. The van der Waals surface area contributed by atoms with E-state index in [-0.39, 0.29) is 38.5 Å². The monoisotopic (exact) mass is 415 g/mol. The van der Waals surface area contributed by atoms with Gasteiger partial charge >= 0.3 is 0 Å². The number of benzene rings is 1. The predicted octanol–water partition coefficient (Wildman–Crippen LogP) is 3.91. The van der Waals surface area contributed by atoms with Gasteiger partial charge in [-0.2, -0.15) is 12.2 Å². The van der Waals surface area contributed by atoms with Crippen molar-refractivity contribution in [3.63, 3.8) is 0 Å². The van der Waals surface area contributed by atoms with Gasteiger partial charge in [-0.25, -0.2) is 8.78 Å². The van der Waals surface area contributed by atoms with Crippen molar-refractivity contribution in [1.29, 1.82) is 0 Å². The molecule has 2 rings (SSSR count). The number of rotatable bonds is 3. The normalized spacial score (nSPS) is 14.8. The smallest absolute Gasteiger partial charge is 0.256 e. The molecule has 1 aliphatic heterocycles. The first-order valence-electron chi connectivity index (χ1n) is 5.52. The van der Waals surface area contributed by atoms with Crippen LogP contribution in [0, 0.1) is 6.08 Å². The Hall–Kier alpha value is -0.516. The average molecular weight is 416 g/mol. The second kappa shape index (κ2) is 7.48. The molecule has 2 nitrogen and oxygen atoms in total. The van der Waals surface area contributed by atoms with Crippen LogP contribution < -0.4 is 0 Å². The molecule has 0 unspecified atom stereocenters. The summed E-state index contributed by atoms with van der Waals surface area (Å²) in [5.74, 6) is 0.121. The topological polar surface area (TPSA) is 23.5 Å². The number of aromatic hydroxyl groups is 1. The van der Waals surface area contributed by atoms with Crippen LogP contribution in [0.3, 0.4) is 0 Å². The fourth-order valence-electron chi connectivity index (χ4n) is 1.75. The molecular formula is C14H11BrF2NOY-. The van der Waals surface area contributed by atoms with E-state index in [0.717, 1.165) is 0 Å². The molecule has 0 saturated carbocycles. The number of alkyl halides is 2. The van der Waals surface area contributed by atoms with E-state index in [2.05, 4.69) is 28.6 Å². The average Bonchev–Trinajstić information content (AvgIpc) is 2.36. The van der Waals surface area contributed by atoms with Crippen LogP contribution in [0.15, 0.2) is 47.1 Å². The molecule has 0 bridgehead atoms. The number of hydrogen-bond donors (Lipinski definition) is 1. The van der Waals surface area contributed by atoms with Crippen molar-refractivity contribution in [2.75, 3.05) is 6.54 Å². The van der Waals surface area contributed by atoms with Gasteiger partial charge in [0.15, 0.2) is 0 Å². The largest absolute Gasteiger partial charge is 0.508 e. The minimum Gasteiger partial charge on any atom is -0.508 e. The third-order valence-corrected chi connectivity index (χ3v) is 3.35. The summed E-state index contributed by atoms with van der Waals surface area (Å²) in [7, 11) is 0. The Morgan fingerprint density at radius 2 is 1.90 bits per heavy atom. The summed E-state index contributed by atoms with van der Waals surface area (Å²) in [5.41, 5.74) is 1.66.